The molecule has 7 heteroatoms. The Hall–Kier alpha value is -1.05. The van der Waals surface area contributed by atoms with Crippen LogP contribution in [0.25, 0.3) is 0 Å². The minimum atomic E-state index is -3.51. The maximum atomic E-state index is 12.2. The van der Waals surface area contributed by atoms with Crippen LogP contribution in [0.4, 0.5) is 0 Å². The molecule has 19 heavy (non-hydrogen) atoms. The van der Waals surface area contributed by atoms with Crippen molar-refractivity contribution in [1.82, 2.24) is 9.71 Å². The average molecular weight is 299 g/mol. The molecule has 1 aromatic rings. The zero-order chi connectivity index (χ0) is 14.0. The molecule has 5 nitrogen and oxygen atoms in total. The summed E-state index contributed by atoms with van der Waals surface area (Å²) in [5.41, 5.74) is 5.84. The molecule has 1 aliphatic carbocycles. The van der Waals surface area contributed by atoms with Gasteiger partial charge < -0.3 is 5.73 Å². The maximum Gasteiger partial charge on any atom is 0.242 e. The van der Waals surface area contributed by atoms with Gasteiger partial charge in [0.25, 0.3) is 0 Å². The zero-order valence-electron chi connectivity index (χ0n) is 10.7. The summed E-state index contributed by atoms with van der Waals surface area (Å²) in [7, 11) is -3.51. The summed E-state index contributed by atoms with van der Waals surface area (Å²) in [5, 5.41) is 0. The summed E-state index contributed by atoms with van der Waals surface area (Å²) < 4.78 is 27.0. The number of nitrogens with one attached hydrogen (secondary N) is 1. The fourth-order valence-corrected chi connectivity index (χ4v) is 3.64. The molecule has 104 valence electrons. The highest BCUT2D eigenvalue weighted by Crippen LogP contribution is 2.25. The third-order valence-electron chi connectivity index (χ3n) is 3.32. The molecular formula is C12H17N3O2S2. The van der Waals surface area contributed by atoms with Crippen molar-refractivity contribution in [2.75, 3.05) is 0 Å². The Morgan fingerprint density at radius 1 is 1.47 bits per heavy atom. The van der Waals surface area contributed by atoms with Crippen molar-refractivity contribution in [3.63, 3.8) is 0 Å². The van der Waals surface area contributed by atoms with Crippen molar-refractivity contribution in [2.24, 2.45) is 11.7 Å². The molecule has 0 amide bonds. The Morgan fingerprint density at radius 3 is 2.68 bits per heavy atom. The van der Waals surface area contributed by atoms with E-state index in [0.29, 0.717) is 11.6 Å². The normalized spacial score (nSPS) is 23.4. The minimum absolute atomic E-state index is 0.0234. The lowest BCUT2D eigenvalue weighted by Gasteiger charge is -2.12. The van der Waals surface area contributed by atoms with Crippen LogP contribution in [-0.2, 0) is 10.0 Å². The lowest BCUT2D eigenvalue weighted by molar-refractivity contribution is 0.538. The molecule has 2 atom stereocenters. The van der Waals surface area contributed by atoms with Crippen molar-refractivity contribution in [2.45, 2.75) is 37.1 Å². The number of nitrogens with two attached hydrogens (primary N) is 1. The van der Waals surface area contributed by atoms with Crippen LogP contribution < -0.4 is 10.5 Å². The van der Waals surface area contributed by atoms with Crippen molar-refractivity contribution >= 4 is 27.2 Å². The first-order valence-electron chi connectivity index (χ1n) is 6.16. The van der Waals surface area contributed by atoms with Gasteiger partial charge in [-0.15, -0.1) is 0 Å². The van der Waals surface area contributed by atoms with E-state index in [1.165, 1.54) is 18.3 Å². The van der Waals surface area contributed by atoms with Crippen LogP contribution in [0, 0.1) is 5.92 Å². The second-order valence-corrected chi connectivity index (χ2v) is 7.13. The van der Waals surface area contributed by atoms with Crippen LogP contribution in [0.2, 0.25) is 0 Å². The first-order chi connectivity index (χ1) is 8.88. The van der Waals surface area contributed by atoms with E-state index in [2.05, 4.69) is 16.6 Å². The van der Waals surface area contributed by atoms with E-state index in [0.717, 1.165) is 19.3 Å². The van der Waals surface area contributed by atoms with Crippen LogP contribution in [-0.4, -0.2) is 24.4 Å². The summed E-state index contributed by atoms with van der Waals surface area (Å²) in [6.45, 7) is 2.13. The molecule has 1 aromatic heterocycles. The molecule has 0 aromatic carbocycles. The molecule has 1 saturated carbocycles. The topological polar surface area (TPSA) is 85.1 Å². The highest BCUT2D eigenvalue weighted by atomic mass is 32.2. The second kappa shape index (κ2) is 5.52. The maximum absolute atomic E-state index is 12.2. The fourth-order valence-electron chi connectivity index (χ4n) is 2.29. The van der Waals surface area contributed by atoms with E-state index in [1.54, 1.807) is 0 Å². The SMILES string of the molecule is CC1CCC(NS(=O)(=O)c2ccc(C(N)=S)nc2)C1. The van der Waals surface area contributed by atoms with E-state index in [9.17, 15) is 8.42 Å². The van der Waals surface area contributed by atoms with Gasteiger partial charge in [0, 0.05) is 12.2 Å². The van der Waals surface area contributed by atoms with Crippen molar-refractivity contribution in [1.29, 1.82) is 0 Å². The molecular weight excluding hydrogens is 282 g/mol. The van der Waals surface area contributed by atoms with E-state index < -0.39 is 10.0 Å². The Labute approximate surface area is 118 Å². The van der Waals surface area contributed by atoms with Gasteiger partial charge in [0.05, 0.1) is 5.69 Å². The van der Waals surface area contributed by atoms with Crippen molar-refractivity contribution < 1.29 is 8.42 Å². The highest BCUT2D eigenvalue weighted by Gasteiger charge is 2.26. The Balaban J connectivity index is 2.13. The minimum Gasteiger partial charge on any atom is -0.388 e. The molecule has 0 saturated heterocycles. The quantitative estimate of drug-likeness (QED) is 0.816. The van der Waals surface area contributed by atoms with Crippen LogP contribution in [0.5, 0.6) is 0 Å². The van der Waals surface area contributed by atoms with Gasteiger partial charge in [0.2, 0.25) is 10.0 Å². The van der Waals surface area contributed by atoms with E-state index in [-0.39, 0.29) is 15.9 Å². The number of pyridine rings is 1. The number of rotatable bonds is 4. The summed E-state index contributed by atoms with van der Waals surface area (Å²) in [5.74, 6) is 0.572. The van der Waals surface area contributed by atoms with Crippen molar-refractivity contribution in [3.8, 4) is 0 Å². The summed E-state index contributed by atoms with van der Waals surface area (Å²) >= 11 is 4.78. The van der Waals surface area contributed by atoms with Gasteiger partial charge in [-0.3, -0.25) is 4.98 Å². The number of hydrogen-bond acceptors (Lipinski definition) is 4. The lowest BCUT2D eigenvalue weighted by Crippen LogP contribution is -2.33. The van der Waals surface area contributed by atoms with E-state index in [1.807, 2.05) is 0 Å². The van der Waals surface area contributed by atoms with Crippen LogP contribution in [0.15, 0.2) is 23.2 Å². The van der Waals surface area contributed by atoms with Gasteiger partial charge in [-0.2, -0.15) is 0 Å². The lowest BCUT2D eigenvalue weighted by atomic mass is 10.1. The Morgan fingerprint density at radius 2 is 2.21 bits per heavy atom. The molecule has 0 aliphatic heterocycles. The number of sulfonamides is 1. The van der Waals surface area contributed by atoms with Crippen LogP contribution in [0.1, 0.15) is 31.9 Å². The Bertz CT molecular complexity index is 569. The molecule has 2 unspecified atom stereocenters. The standard InChI is InChI=1S/C12H17N3O2S2/c1-8-2-3-9(6-8)15-19(16,17)10-4-5-11(12(13)18)14-7-10/h4-5,7-9,15H,2-3,6H2,1H3,(H2,13,18). The third-order valence-corrected chi connectivity index (χ3v) is 5.03. The van der Waals surface area contributed by atoms with Gasteiger partial charge in [-0.25, -0.2) is 13.1 Å². The predicted molar refractivity (Wildman–Crippen MR) is 77.2 cm³/mol. The van der Waals surface area contributed by atoms with E-state index >= 15 is 0 Å². The zero-order valence-corrected chi connectivity index (χ0v) is 12.3. The van der Waals surface area contributed by atoms with Gasteiger partial charge >= 0.3 is 0 Å². The molecule has 1 aliphatic rings. The fraction of sp³-hybridized carbons (Fsp3) is 0.500. The summed E-state index contributed by atoms with van der Waals surface area (Å²) in [4.78, 5) is 4.25. The summed E-state index contributed by atoms with van der Waals surface area (Å²) in [6, 6.07) is 3.02. The number of nitrogens with zero attached hydrogens (tertiary/aromatic N) is 1. The molecule has 0 spiro atoms. The second-order valence-electron chi connectivity index (χ2n) is 4.98. The Kier molecular flexibility index (Phi) is 4.17. The smallest absolute Gasteiger partial charge is 0.242 e. The molecule has 1 heterocycles. The molecule has 0 radical (unpaired) electrons. The first kappa shape index (κ1) is 14.4. The number of aromatic nitrogens is 1. The first-order valence-corrected chi connectivity index (χ1v) is 8.06. The predicted octanol–water partition coefficient (Wildman–Crippen LogP) is 1.18. The monoisotopic (exact) mass is 299 g/mol. The van der Waals surface area contributed by atoms with Gasteiger partial charge in [0.1, 0.15) is 9.88 Å². The molecule has 3 N–H and O–H groups in total. The van der Waals surface area contributed by atoms with Gasteiger partial charge in [0.15, 0.2) is 0 Å². The van der Waals surface area contributed by atoms with E-state index in [4.69, 9.17) is 18.0 Å². The molecule has 0 bridgehead atoms. The number of hydrogen-bond donors (Lipinski definition) is 2. The number of thiocarbonyl (C=S) groups is 1. The largest absolute Gasteiger partial charge is 0.388 e. The molecule has 1 fully saturated rings. The van der Waals surface area contributed by atoms with Gasteiger partial charge in [-0.05, 0) is 37.3 Å². The van der Waals surface area contributed by atoms with Crippen molar-refractivity contribution in [3.05, 3.63) is 24.0 Å². The summed E-state index contributed by atoms with van der Waals surface area (Å²) in [6.07, 6.45) is 4.12. The van der Waals surface area contributed by atoms with Gasteiger partial charge in [-0.1, -0.05) is 19.1 Å². The molecule has 2 rings (SSSR count). The van der Waals surface area contributed by atoms with Crippen LogP contribution in [0.3, 0.4) is 0 Å². The third kappa shape index (κ3) is 3.49. The van der Waals surface area contributed by atoms with Crippen LogP contribution >= 0.6 is 12.2 Å². The average Bonchev–Trinajstić information content (AvgIpc) is 2.74. The highest BCUT2D eigenvalue weighted by molar-refractivity contribution is 7.89.